The van der Waals surface area contributed by atoms with Crippen molar-refractivity contribution in [3.63, 3.8) is 0 Å². The van der Waals surface area contributed by atoms with Crippen LogP contribution in [0.2, 0.25) is 0 Å². The minimum atomic E-state index is -1.01. The maximum absolute atomic E-state index is 12.3. The summed E-state index contributed by atoms with van der Waals surface area (Å²) in [5.74, 6) is -1.12. The zero-order valence-electron chi connectivity index (χ0n) is 12.0. The smallest absolute Gasteiger partial charge is 0.326 e. The number of rotatable bonds is 7. The molecule has 0 spiro atoms. The lowest BCUT2D eigenvalue weighted by molar-refractivity contribution is -0.384. The van der Waals surface area contributed by atoms with Gasteiger partial charge in [-0.25, -0.2) is 4.79 Å². The minimum absolute atomic E-state index is 0.00483. The summed E-state index contributed by atoms with van der Waals surface area (Å²) in [7, 11) is 0. The highest BCUT2D eigenvalue weighted by molar-refractivity contribution is 8.00. The van der Waals surface area contributed by atoms with Gasteiger partial charge in [0.2, 0.25) is 5.91 Å². The van der Waals surface area contributed by atoms with Crippen LogP contribution in [0.3, 0.4) is 0 Å². The Hall–Kier alpha value is -2.09. The van der Waals surface area contributed by atoms with Crippen LogP contribution in [-0.2, 0) is 9.59 Å². The molecule has 1 aromatic rings. The predicted molar refractivity (Wildman–Crippen MR) is 80.8 cm³/mol. The summed E-state index contributed by atoms with van der Waals surface area (Å²) in [5.41, 5.74) is -0.00483. The molecular weight excluding hydrogens is 308 g/mol. The molecule has 1 fully saturated rings. The summed E-state index contributed by atoms with van der Waals surface area (Å²) < 4.78 is 0. The zero-order valence-corrected chi connectivity index (χ0v) is 12.8. The van der Waals surface area contributed by atoms with Crippen molar-refractivity contribution in [1.82, 2.24) is 4.90 Å². The van der Waals surface area contributed by atoms with E-state index in [1.165, 1.54) is 35.7 Å². The van der Waals surface area contributed by atoms with Gasteiger partial charge in [0.25, 0.3) is 5.69 Å². The summed E-state index contributed by atoms with van der Waals surface area (Å²) in [6.07, 6.45) is 1.68. The second kappa shape index (κ2) is 6.78. The van der Waals surface area contributed by atoms with Crippen LogP contribution in [0.4, 0.5) is 5.69 Å². The number of aliphatic carboxylic acids is 1. The highest BCUT2D eigenvalue weighted by Gasteiger charge is 2.38. The molecule has 0 bridgehead atoms. The Bertz CT molecular complexity index is 585. The average molecular weight is 324 g/mol. The number of hydrogen-bond acceptors (Lipinski definition) is 5. The molecule has 1 amide bonds. The summed E-state index contributed by atoms with van der Waals surface area (Å²) in [6.45, 7) is 1.51. The quantitative estimate of drug-likeness (QED) is 0.468. The number of carboxylic acid groups (broad SMARTS) is 1. The molecule has 7 nitrogen and oxygen atoms in total. The minimum Gasteiger partial charge on any atom is -0.480 e. The van der Waals surface area contributed by atoms with Crippen molar-refractivity contribution in [2.45, 2.75) is 36.7 Å². The standard InChI is InChI=1S/C14H16N2O5S/c1-9(14(18)19)15(10-2-3-10)13(17)8-22-12-6-4-11(5-7-12)16(20)21/h4-7,9-10H,2-3,8H2,1H3,(H,18,19). The van der Waals surface area contributed by atoms with E-state index in [-0.39, 0.29) is 23.4 Å². The van der Waals surface area contributed by atoms with E-state index in [0.717, 1.165) is 17.7 Å². The summed E-state index contributed by atoms with van der Waals surface area (Å²) in [5, 5.41) is 19.7. The molecule has 0 aromatic heterocycles. The van der Waals surface area contributed by atoms with E-state index >= 15 is 0 Å². The van der Waals surface area contributed by atoms with Crippen LogP contribution >= 0.6 is 11.8 Å². The summed E-state index contributed by atoms with van der Waals surface area (Å²) in [4.78, 5) is 35.6. The van der Waals surface area contributed by atoms with Gasteiger partial charge >= 0.3 is 5.97 Å². The number of carbonyl (C=O) groups excluding carboxylic acids is 1. The number of carbonyl (C=O) groups is 2. The Balaban J connectivity index is 1.95. The van der Waals surface area contributed by atoms with Gasteiger partial charge in [0, 0.05) is 23.1 Å². The molecule has 0 heterocycles. The van der Waals surface area contributed by atoms with E-state index in [1.807, 2.05) is 0 Å². The Kier molecular flexibility index (Phi) is 5.02. The molecule has 1 aliphatic carbocycles. The number of benzene rings is 1. The van der Waals surface area contributed by atoms with Crippen LogP contribution in [0.5, 0.6) is 0 Å². The van der Waals surface area contributed by atoms with Crippen LogP contribution in [0.25, 0.3) is 0 Å². The van der Waals surface area contributed by atoms with Crippen molar-refractivity contribution >= 4 is 29.3 Å². The SMILES string of the molecule is CC(C(=O)O)N(C(=O)CSc1ccc([N+](=O)[O-])cc1)C1CC1. The van der Waals surface area contributed by atoms with Gasteiger partial charge in [-0.1, -0.05) is 0 Å². The Labute approximate surface area is 131 Å². The summed E-state index contributed by atoms with van der Waals surface area (Å²) >= 11 is 1.24. The van der Waals surface area contributed by atoms with Gasteiger partial charge in [-0.05, 0) is 31.9 Å². The van der Waals surface area contributed by atoms with Gasteiger partial charge in [-0.3, -0.25) is 14.9 Å². The van der Waals surface area contributed by atoms with Crippen LogP contribution < -0.4 is 0 Å². The fraction of sp³-hybridized carbons (Fsp3) is 0.429. The molecule has 22 heavy (non-hydrogen) atoms. The molecule has 118 valence electrons. The predicted octanol–water partition coefficient (Wildman–Crippen LogP) is 2.15. The Morgan fingerprint density at radius 1 is 1.41 bits per heavy atom. The number of hydrogen-bond donors (Lipinski definition) is 1. The topological polar surface area (TPSA) is 101 Å². The second-order valence-electron chi connectivity index (χ2n) is 5.09. The van der Waals surface area contributed by atoms with E-state index in [1.54, 1.807) is 12.1 Å². The third-order valence-corrected chi connectivity index (χ3v) is 4.41. The number of carboxylic acids is 1. The van der Waals surface area contributed by atoms with Gasteiger partial charge in [0.15, 0.2) is 0 Å². The normalized spacial score (nSPS) is 15.1. The fourth-order valence-electron chi connectivity index (χ4n) is 2.09. The molecule has 1 unspecified atom stereocenters. The second-order valence-corrected chi connectivity index (χ2v) is 6.13. The number of non-ortho nitro benzene ring substituents is 1. The van der Waals surface area contributed by atoms with E-state index < -0.39 is 16.9 Å². The molecule has 0 radical (unpaired) electrons. The third-order valence-electron chi connectivity index (χ3n) is 3.41. The van der Waals surface area contributed by atoms with Gasteiger partial charge in [0.05, 0.1) is 10.7 Å². The van der Waals surface area contributed by atoms with Crippen LogP contribution in [0.15, 0.2) is 29.2 Å². The van der Waals surface area contributed by atoms with Crippen molar-refractivity contribution in [2.24, 2.45) is 0 Å². The lowest BCUT2D eigenvalue weighted by Crippen LogP contribution is -2.45. The van der Waals surface area contributed by atoms with Crippen molar-refractivity contribution < 1.29 is 19.6 Å². The zero-order chi connectivity index (χ0) is 16.3. The maximum Gasteiger partial charge on any atom is 0.326 e. The van der Waals surface area contributed by atoms with Crippen molar-refractivity contribution in [3.8, 4) is 0 Å². The number of amides is 1. The first-order valence-electron chi connectivity index (χ1n) is 6.81. The molecule has 1 saturated carbocycles. The molecule has 1 atom stereocenters. The van der Waals surface area contributed by atoms with Crippen molar-refractivity contribution in [3.05, 3.63) is 34.4 Å². The van der Waals surface area contributed by atoms with E-state index in [0.29, 0.717) is 0 Å². The Morgan fingerprint density at radius 2 is 2.00 bits per heavy atom. The van der Waals surface area contributed by atoms with Crippen molar-refractivity contribution in [1.29, 1.82) is 0 Å². The van der Waals surface area contributed by atoms with E-state index in [4.69, 9.17) is 5.11 Å². The highest BCUT2D eigenvalue weighted by Crippen LogP contribution is 2.30. The number of nitrogens with zero attached hydrogens (tertiary/aromatic N) is 2. The molecule has 1 aromatic carbocycles. The lowest BCUT2D eigenvalue weighted by Gasteiger charge is -2.26. The van der Waals surface area contributed by atoms with Gasteiger partial charge in [0.1, 0.15) is 6.04 Å². The first kappa shape index (κ1) is 16.3. The van der Waals surface area contributed by atoms with Gasteiger partial charge < -0.3 is 10.0 Å². The number of nitro groups is 1. The monoisotopic (exact) mass is 324 g/mol. The van der Waals surface area contributed by atoms with Crippen LogP contribution in [0, 0.1) is 10.1 Å². The molecule has 1 N–H and O–H groups in total. The van der Waals surface area contributed by atoms with Crippen LogP contribution in [-0.4, -0.2) is 44.6 Å². The maximum atomic E-state index is 12.3. The van der Waals surface area contributed by atoms with Crippen molar-refractivity contribution in [2.75, 3.05) is 5.75 Å². The molecule has 8 heteroatoms. The average Bonchev–Trinajstić information content (AvgIpc) is 3.30. The van der Waals surface area contributed by atoms with Gasteiger partial charge in [-0.15, -0.1) is 11.8 Å². The molecule has 1 aliphatic rings. The third kappa shape index (κ3) is 3.97. The largest absolute Gasteiger partial charge is 0.480 e. The number of thioether (sulfide) groups is 1. The molecular formula is C14H16N2O5S. The van der Waals surface area contributed by atoms with E-state index in [2.05, 4.69) is 0 Å². The first-order valence-corrected chi connectivity index (χ1v) is 7.80. The highest BCUT2D eigenvalue weighted by atomic mass is 32.2. The molecule has 0 saturated heterocycles. The number of nitro benzene ring substituents is 1. The first-order chi connectivity index (χ1) is 10.4. The van der Waals surface area contributed by atoms with Crippen LogP contribution in [0.1, 0.15) is 19.8 Å². The molecule has 2 rings (SSSR count). The lowest BCUT2D eigenvalue weighted by atomic mass is 10.2. The fourth-order valence-corrected chi connectivity index (χ4v) is 2.86. The Morgan fingerprint density at radius 3 is 2.45 bits per heavy atom. The summed E-state index contributed by atoms with van der Waals surface area (Å²) in [6, 6.07) is 5.11. The van der Waals surface area contributed by atoms with E-state index in [9.17, 15) is 19.7 Å². The molecule has 0 aliphatic heterocycles. The van der Waals surface area contributed by atoms with Gasteiger partial charge in [-0.2, -0.15) is 0 Å².